The number of amides is 2. The summed E-state index contributed by atoms with van der Waals surface area (Å²) in [6, 6.07) is 7.32. The highest BCUT2D eigenvalue weighted by atomic mass is 16.5. The monoisotopic (exact) mass is 376 g/mol. The summed E-state index contributed by atoms with van der Waals surface area (Å²) in [7, 11) is 1.60. The third kappa shape index (κ3) is 5.68. The fourth-order valence-corrected chi connectivity index (χ4v) is 3.36. The molecule has 0 aromatic heterocycles. The Hall–Kier alpha value is -2.12. The van der Waals surface area contributed by atoms with Crippen molar-refractivity contribution in [3.63, 3.8) is 0 Å². The van der Waals surface area contributed by atoms with Gasteiger partial charge in [0.15, 0.2) is 0 Å². The third-order valence-electron chi connectivity index (χ3n) is 5.00. The summed E-state index contributed by atoms with van der Waals surface area (Å²) in [5.74, 6) is 0.804. The van der Waals surface area contributed by atoms with E-state index in [-0.39, 0.29) is 24.0 Å². The molecule has 148 valence electrons. The second-order valence-corrected chi connectivity index (χ2v) is 7.00. The fourth-order valence-electron chi connectivity index (χ4n) is 3.36. The summed E-state index contributed by atoms with van der Waals surface area (Å²) >= 11 is 0. The minimum Gasteiger partial charge on any atom is -0.490 e. The highest BCUT2D eigenvalue weighted by molar-refractivity contribution is 5.94. The van der Waals surface area contributed by atoms with Gasteiger partial charge in [-0.2, -0.15) is 0 Å². The van der Waals surface area contributed by atoms with Gasteiger partial charge in [-0.15, -0.1) is 0 Å². The lowest BCUT2D eigenvalue weighted by atomic mass is 10.1. The zero-order valence-corrected chi connectivity index (χ0v) is 15.8. The SMILES string of the molecule is COCCC(=O)N1CCC(Oc2ccc(C(=O)N[C@H]3CCOC3)cc2)CC1. The normalized spacial score (nSPS) is 20.5. The van der Waals surface area contributed by atoms with Gasteiger partial charge in [-0.05, 0) is 30.7 Å². The zero-order chi connectivity index (χ0) is 19.1. The van der Waals surface area contributed by atoms with Crippen LogP contribution in [0.3, 0.4) is 0 Å². The molecule has 2 fully saturated rings. The van der Waals surface area contributed by atoms with Crippen molar-refractivity contribution < 1.29 is 23.8 Å². The van der Waals surface area contributed by atoms with Crippen molar-refractivity contribution in [2.24, 2.45) is 0 Å². The molecule has 0 aliphatic carbocycles. The smallest absolute Gasteiger partial charge is 0.251 e. The Balaban J connectivity index is 1.43. The van der Waals surface area contributed by atoms with Crippen molar-refractivity contribution in [1.29, 1.82) is 0 Å². The van der Waals surface area contributed by atoms with E-state index >= 15 is 0 Å². The first-order valence-electron chi connectivity index (χ1n) is 9.57. The quantitative estimate of drug-likeness (QED) is 0.782. The predicted molar refractivity (Wildman–Crippen MR) is 99.9 cm³/mol. The molecule has 7 nitrogen and oxygen atoms in total. The number of carbonyl (C=O) groups is 2. The second-order valence-electron chi connectivity index (χ2n) is 7.00. The Bertz CT molecular complexity index is 620. The molecule has 0 bridgehead atoms. The number of ether oxygens (including phenoxy) is 3. The van der Waals surface area contributed by atoms with Crippen LogP contribution in [-0.4, -0.2) is 68.9 Å². The number of methoxy groups -OCH3 is 1. The summed E-state index contributed by atoms with van der Waals surface area (Å²) < 4.78 is 16.3. The van der Waals surface area contributed by atoms with Crippen LogP contribution in [0, 0.1) is 0 Å². The first-order valence-corrected chi connectivity index (χ1v) is 9.57. The molecule has 2 amide bonds. The van der Waals surface area contributed by atoms with Crippen LogP contribution in [0.1, 0.15) is 36.0 Å². The number of piperidine rings is 1. The molecule has 2 saturated heterocycles. The maximum atomic E-state index is 12.2. The molecule has 1 aromatic carbocycles. The van der Waals surface area contributed by atoms with E-state index in [2.05, 4.69) is 5.32 Å². The Labute approximate surface area is 160 Å². The van der Waals surface area contributed by atoms with Crippen LogP contribution < -0.4 is 10.1 Å². The van der Waals surface area contributed by atoms with Crippen molar-refractivity contribution in [3.05, 3.63) is 29.8 Å². The number of rotatable bonds is 7. The lowest BCUT2D eigenvalue weighted by Gasteiger charge is -2.32. The molecule has 0 spiro atoms. The predicted octanol–water partition coefficient (Wildman–Crippen LogP) is 1.61. The number of likely N-dealkylation sites (tertiary alicyclic amines) is 1. The third-order valence-corrected chi connectivity index (χ3v) is 5.00. The van der Waals surface area contributed by atoms with E-state index in [1.165, 1.54) is 0 Å². The highest BCUT2D eigenvalue weighted by Gasteiger charge is 2.24. The molecule has 1 atom stereocenters. The molecule has 27 heavy (non-hydrogen) atoms. The summed E-state index contributed by atoms with van der Waals surface area (Å²) in [6.45, 7) is 3.16. The van der Waals surface area contributed by atoms with Gasteiger partial charge in [0.1, 0.15) is 11.9 Å². The van der Waals surface area contributed by atoms with Gasteiger partial charge in [-0.1, -0.05) is 0 Å². The van der Waals surface area contributed by atoms with E-state index < -0.39 is 0 Å². The van der Waals surface area contributed by atoms with E-state index in [0.717, 1.165) is 25.0 Å². The number of hydrogen-bond donors (Lipinski definition) is 1. The minimum atomic E-state index is -0.0834. The average molecular weight is 376 g/mol. The van der Waals surface area contributed by atoms with E-state index in [4.69, 9.17) is 14.2 Å². The van der Waals surface area contributed by atoms with Crippen molar-refractivity contribution in [1.82, 2.24) is 10.2 Å². The van der Waals surface area contributed by atoms with E-state index in [0.29, 0.717) is 44.9 Å². The number of nitrogens with zero attached hydrogens (tertiary/aromatic N) is 1. The molecular formula is C20H28N2O5. The molecule has 3 rings (SSSR count). The van der Waals surface area contributed by atoms with Crippen LogP contribution in [0.25, 0.3) is 0 Å². The molecule has 0 radical (unpaired) electrons. The first kappa shape index (κ1) is 19.6. The number of benzene rings is 1. The Morgan fingerprint density at radius 2 is 1.93 bits per heavy atom. The lowest BCUT2D eigenvalue weighted by Crippen LogP contribution is -2.42. The molecular weight excluding hydrogens is 348 g/mol. The molecule has 1 N–H and O–H groups in total. The van der Waals surface area contributed by atoms with E-state index in [1.807, 2.05) is 17.0 Å². The van der Waals surface area contributed by atoms with Crippen molar-refractivity contribution in [3.8, 4) is 5.75 Å². The summed E-state index contributed by atoms with van der Waals surface area (Å²) in [6.07, 6.45) is 3.00. The maximum absolute atomic E-state index is 12.2. The number of nitrogens with one attached hydrogen (secondary N) is 1. The molecule has 2 aliphatic heterocycles. The highest BCUT2D eigenvalue weighted by Crippen LogP contribution is 2.20. The molecule has 2 heterocycles. The summed E-state index contributed by atoms with van der Waals surface area (Å²) in [4.78, 5) is 26.1. The topological polar surface area (TPSA) is 77.1 Å². The van der Waals surface area contributed by atoms with Gasteiger partial charge in [0, 0.05) is 45.2 Å². The second kappa shape index (κ2) is 9.71. The Kier molecular flexibility index (Phi) is 7.06. The molecule has 1 aromatic rings. The van der Waals surface area contributed by atoms with Crippen LogP contribution in [-0.2, 0) is 14.3 Å². The van der Waals surface area contributed by atoms with Gasteiger partial charge < -0.3 is 24.4 Å². The Morgan fingerprint density at radius 3 is 2.56 bits per heavy atom. The fraction of sp³-hybridized carbons (Fsp3) is 0.600. The molecule has 0 unspecified atom stereocenters. The number of carbonyl (C=O) groups excluding carboxylic acids is 2. The number of hydrogen-bond acceptors (Lipinski definition) is 5. The van der Waals surface area contributed by atoms with Crippen molar-refractivity contribution >= 4 is 11.8 Å². The van der Waals surface area contributed by atoms with Gasteiger partial charge in [-0.25, -0.2) is 0 Å². The van der Waals surface area contributed by atoms with Crippen LogP contribution in [0.2, 0.25) is 0 Å². The maximum Gasteiger partial charge on any atom is 0.251 e. The largest absolute Gasteiger partial charge is 0.490 e. The zero-order valence-electron chi connectivity index (χ0n) is 15.8. The van der Waals surface area contributed by atoms with Gasteiger partial charge in [-0.3, -0.25) is 9.59 Å². The summed E-state index contributed by atoms with van der Waals surface area (Å²) in [5.41, 5.74) is 0.618. The van der Waals surface area contributed by atoms with E-state index in [1.54, 1.807) is 19.2 Å². The van der Waals surface area contributed by atoms with Crippen LogP contribution in [0.5, 0.6) is 5.75 Å². The standard InChI is InChI=1S/C20H28N2O5/c1-25-12-9-19(23)22-10-6-18(7-11-22)27-17-4-2-15(3-5-17)20(24)21-16-8-13-26-14-16/h2-5,16,18H,6-14H2,1H3,(H,21,24)/t16-/m0/s1. The molecule has 0 saturated carbocycles. The first-order chi connectivity index (χ1) is 13.2. The molecule has 7 heteroatoms. The summed E-state index contributed by atoms with van der Waals surface area (Å²) in [5, 5.41) is 2.97. The minimum absolute atomic E-state index is 0.0834. The van der Waals surface area contributed by atoms with Crippen molar-refractivity contribution in [2.75, 3.05) is 40.0 Å². The average Bonchev–Trinajstić information content (AvgIpc) is 3.20. The van der Waals surface area contributed by atoms with Gasteiger partial charge in [0.25, 0.3) is 5.91 Å². The van der Waals surface area contributed by atoms with Gasteiger partial charge in [0.2, 0.25) is 5.91 Å². The Morgan fingerprint density at radius 1 is 1.19 bits per heavy atom. The van der Waals surface area contributed by atoms with E-state index in [9.17, 15) is 9.59 Å². The lowest BCUT2D eigenvalue weighted by molar-refractivity contribution is -0.133. The van der Waals surface area contributed by atoms with Crippen LogP contribution >= 0.6 is 0 Å². The van der Waals surface area contributed by atoms with Gasteiger partial charge >= 0.3 is 0 Å². The van der Waals surface area contributed by atoms with Crippen LogP contribution in [0.4, 0.5) is 0 Å². The molecule has 2 aliphatic rings. The van der Waals surface area contributed by atoms with Crippen LogP contribution in [0.15, 0.2) is 24.3 Å². The van der Waals surface area contributed by atoms with Gasteiger partial charge in [0.05, 0.1) is 25.7 Å². The van der Waals surface area contributed by atoms with Crippen molar-refractivity contribution in [2.45, 2.75) is 37.8 Å².